The summed E-state index contributed by atoms with van der Waals surface area (Å²) in [6.07, 6.45) is 1.86. The molecule has 0 unspecified atom stereocenters. The summed E-state index contributed by atoms with van der Waals surface area (Å²) in [5.41, 5.74) is 3.11. The molecule has 138 valence electrons. The van der Waals surface area contributed by atoms with Crippen molar-refractivity contribution in [3.8, 4) is 0 Å². The van der Waals surface area contributed by atoms with Crippen molar-refractivity contribution in [1.29, 1.82) is 0 Å². The summed E-state index contributed by atoms with van der Waals surface area (Å²) in [6.45, 7) is 3.49. The number of carbonyl (C=O) groups excluding carboxylic acids is 1. The number of nitrogens with zero attached hydrogens (tertiary/aromatic N) is 2. The number of halogens is 1. The number of anilines is 2. The maximum absolute atomic E-state index is 13.0. The minimum atomic E-state index is -3.65. The molecule has 0 fully saturated rings. The first-order valence-electron chi connectivity index (χ1n) is 8.32. The number of rotatable bonds is 4. The van der Waals surface area contributed by atoms with E-state index >= 15 is 0 Å². The van der Waals surface area contributed by atoms with Gasteiger partial charge in [-0.1, -0.05) is 35.9 Å². The van der Waals surface area contributed by atoms with Crippen LogP contribution in [0, 0.1) is 6.92 Å². The van der Waals surface area contributed by atoms with Crippen LogP contribution >= 0.6 is 11.6 Å². The Labute approximate surface area is 159 Å². The zero-order valence-electron chi connectivity index (χ0n) is 14.9. The summed E-state index contributed by atoms with van der Waals surface area (Å²) in [5, 5.41) is 0.423. The molecule has 7 heteroatoms. The summed E-state index contributed by atoms with van der Waals surface area (Å²) in [4.78, 5) is 14.7. The number of para-hydroxylation sites is 1. The van der Waals surface area contributed by atoms with E-state index in [-0.39, 0.29) is 18.5 Å². The van der Waals surface area contributed by atoms with E-state index in [4.69, 9.17) is 11.6 Å². The zero-order chi connectivity index (χ0) is 19.1. The molecule has 1 amide bonds. The first-order valence-corrected chi connectivity index (χ1v) is 10.5. The normalized spacial score (nSPS) is 16.5. The molecule has 0 saturated carbocycles. The van der Waals surface area contributed by atoms with Crippen molar-refractivity contribution in [3.63, 3.8) is 0 Å². The molecule has 1 heterocycles. The van der Waals surface area contributed by atoms with Gasteiger partial charge in [-0.25, -0.2) is 8.42 Å². The van der Waals surface area contributed by atoms with Gasteiger partial charge in [0.05, 0.1) is 11.9 Å². The predicted molar refractivity (Wildman–Crippen MR) is 105 cm³/mol. The van der Waals surface area contributed by atoms with Gasteiger partial charge in [-0.2, -0.15) is 0 Å². The van der Waals surface area contributed by atoms with Crippen LogP contribution in [0.2, 0.25) is 5.02 Å². The molecule has 2 aromatic carbocycles. The fourth-order valence-corrected chi connectivity index (χ4v) is 4.44. The molecule has 0 spiro atoms. The van der Waals surface area contributed by atoms with Crippen LogP contribution in [0.3, 0.4) is 0 Å². The zero-order valence-corrected chi connectivity index (χ0v) is 16.5. The maximum Gasteiger partial charge on any atom is 0.248 e. The monoisotopic (exact) mass is 392 g/mol. The van der Waals surface area contributed by atoms with Crippen molar-refractivity contribution in [3.05, 3.63) is 58.6 Å². The Kier molecular flexibility index (Phi) is 4.99. The molecule has 0 radical (unpaired) electrons. The van der Waals surface area contributed by atoms with E-state index < -0.39 is 10.0 Å². The molecular formula is C19H21ClN2O3S. The van der Waals surface area contributed by atoms with Crippen LogP contribution in [0.5, 0.6) is 0 Å². The van der Waals surface area contributed by atoms with Gasteiger partial charge >= 0.3 is 0 Å². The Bertz CT molecular complexity index is 959. The van der Waals surface area contributed by atoms with Crippen LogP contribution in [0.15, 0.2) is 42.5 Å². The molecule has 0 saturated heterocycles. The van der Waals surface area contributed by atoms with E-state index in [0.717, 1.165) is 33.8 Å². The fraction of sp³-hybridized carbons (Fsp3) is 0.316. The van der Waals surface area contributed by atoms with Crippen molar-refractivity contribution in [2.45, 2.75) is 26.3 Å². The second kappa shape index (κ2) is 6.93. The molecule has 3 rings (SSSR count). The van der Waals surface area contributed by atoms with Gasteiger partial charge in [0, 0.05) is 16.8 Å². The second-order valence-corrected chi connectivity index (χ2v) is 8.99. The van der Waals surface area contributed by atoms with Crippen molar-refractivity contribution >= 4 is 38.9 Å². The molecule has 1 aliphatic rings. The largest absolute Gasteiger partial charge is 0.307 e. The van der Waals surface area contributed by atoms with E-state index in [0.29, 0.717) is 10.7 Å². The Hall–Kier alpha value is -2.05. The van der Waals surface area contributed by atoms with E-state index in [2.05, 4.69) is 0 Å². The minimum Gasteiger partial charge on any atom is -0.307 e. The molecule has 1 atom stereocenters. The van der Waals surface area contributed by atoms with Gasteiger partial charge in [-0.15, -0.1) is 0 Å². The molecule has 2 aromatic rings. The maximum atomic E-state index is 13.0. The Balaban J connectivity index is 1.96. The lowest BCUT2D eigenvalue weighted by Crippen LogP contribution is -2.45. The molecular weight excluding hydrogens is 372 g/mol. The highest BCUT2D eigenvalue weighted by atomic mass is 35.5. The molecule has 0 aliphatic carbocycles. The quantitative estimate of drug-likeness (QED) is 0.801. The third-order valence-electron chi connectivity index (χ3n) is 4.60. The Morgan fingerprint density at radius 2 is 1.96 bits per heavy atom. The number of aryl methyl sites for hydroxylation is 1. The summed E-state index contributed by atoms with van der Waals surface area (Å²) in [6, 6.07) is 12.7. The van der Waals surface area contributed by atoms with Gasteiger partial charge in [-0.05, 0) is 49.6 Å². The van der Waals surface area contributed by atoms with E-state index in [1.165, 1.54) is 0 Å². The van der Waals surface area contributed by atoms with Crippen LogP contribution in [0.25, 0.3) is 0 Å². The van der Waals surface area contributed by atoms with E-state index in [1.54, 1.807) is 30.0 Å². The highest BCUT2D eigenvalue weighted by Gasteiger charge is 2.33. The van der Waals surface area contributed by atoms with Gasteiger partial charge in [-0.3, -0.25) is 9.10 Å². The van der Waals surface area contributed by atoms with Crippen molar-refractivity contribution in [1.82, 2.24) is 0 Å². The summed E-state index contributed by atoms with van der Waals surface area (Å²) < 4.78 is 25.9. The number of benzene rings is 2. The predicted octanol–water partition coefficient (Wildman–Crippen LogP) is 3.39. The molecule has 1 aliphatic heterocycles. The first kappa shape index (κ1) is 18.7. The lowest BCUT2D eigenvalue weighted by atomic mass is 10.1. The van der Waals surface area contributed by atoms with E-state index in [9.17, 15) is 13.2 Å². The summed E-state index contributed by atoms with van der Waals surface area (Å²) in [5.74, 6) is -0.257. The third kappa shape index (κ3) is 3.57. The van der Waals surface area contributed by atoms with Crippen molar-refractivity contribution in [2.75, 3.05) is 22.0 Å². The lowest BCUT2D eigenvalue weighted by molar-refractivity contribution is -0.117. The average molecular weight is 393 g/mol. The number of fused-ring (bicyclic) bond motifs is 1. The topological polar surface area (TPSA) is 57.7 Å². The number of carbonyl (C=O) groups is 1. The SMILES string of the molecule is Cc1ccc(Cl)cc1N(CC(=O)N1c2ccccc2C[C@@H]1C)S(C)(=O)=O. The lowest BCUT2D eigenvalue weighted by Gasteiger charge is -2.28. The average Bonchev–Trinajstić information content (AvgIpc) is 2.89. The fourth-order valence-electron chi connectivity index (χ4n) is 3.38. The molecule has 0 bridgehead atoms. The minimum absolute atomic E-state index is 0.0123. The number of amides is 1. The Morgan fingerprint density at radius 3 is 2.65 bits per heavy atom. The summed E-state index contributed by atoms with van der Waals surface area (Å²) in [7, 11) is -3.65. The number of sulfonamides is 1. The van der Waals surface area contributed by atoms with Crippen LogP contribution in [0.4, 0.5) is 11.4 Å². The number of hydrogen-bond acceptors (Lipinski definition) is 3. The highest BCUT2D eigenvalue weighted by Crippen LogP contribution is 2.33. The smallest absolute Gasteiger partial charge is 0.248 e. The van der Waals surface area contributed by atoms with Gasteiger partial charge < -0.3 is 4.90 Å². The number of hydrogen-bond donors (Lipinski definition) is 0. The molecule has 26 heavy (non-hydrogen) atoms. The molecule has 0 N–H and O–H groups in total. The standard InChI is InChI=1S/C19H21ClN2O3S/c1-13-8-9-16(20)11-18(13)21(26(3,24)25)12-19(23)22-14(2)10-15-6-4-5-7-17(15)22/h4-9,11,14H,10,12H2,1-3H3/t14-/m0/s1. The summed E-state index contributed by atoms with van der Waals surface area (Å²) >= 11 is 6.05. The van der Waals surface area contributed by atoms with Crippen LogP contribution in [-0.2, 0) is 21.2 Å². The molecule has 0 aromatic heterocycles. The first-order chi connectivity index (χ1) is 12.2. The van der Waals surface area contributed by atoms with Crippen molar-refractivity contribution < 1.29 is 13.2 Å². The van der Waals surface area contributed by atoms with E-state index in [1.807, 2.05) is 31.2 Å². The van der Waals surface area contributed by atoms with Gasteiger partial charge in [0.25, 0.3) is 0 Å². The molecule has 5 nitrogen and oxygen atoms in total. The third-order valence-corrected chi connectivity index (χ3v) is 5.96. The second-order valence-electron chi connectivity index (χ2n) is 6.65. The van der Waals surface area contributed by atoms with Crippen LogP contribution in [-0.4, -0.2) is 33.2 Å². The Morgan fingerprint density at radius 1 is 1.27 bits per heavy atom. The van der Waals surface area contributed by atoms with Crippen LogP contribution in [0.1, 0.15) is 18.1 Å². The van der Waals surface area contributed by atoms with Gasteiger partial charge in [0.1, 0.15) is 6.54 Å². The highest BCUT2D eigenvalue weighted by molar-refractivity contribution is 7.92. The van der Waals surface area contributed by atoms with Crippen molar-refractivity contribution in [2.24, 2.45) is 0 Å². The van der Waals surface area contributed by atoms with Gasteiger partial charge in [0.15, 0.2) is 0 Å². The van der Waals surface area contributed by atoms with Gasteiger partial charge in [0.2, 0.25) is 15.9 Å². The van der Waals surface area contributed by atoms with Crippen LogP contribution < -0.4 is 9.21 Å².